The second-order valence-electron chi connectivity index (χ2n) is 3.95. The summed E-state index contributed by atoms with van der Waals surface area (Å²) in [6, 6.07) is 3.82. The Kier molecular flexibility index (Phi) is 3.15. The summed E-state index contributed by atoms with van der Waals surface area (Å²) < 4.78 is 41.1. The lowest BCUT2D eigenvalue weighted by Crippen LogP contribution is -2.18. The highest BCUT2D eigenvalue weighted by Crippen LogP contribution is 2.23. The molecule has 2 rings (SSSR count). The molecule has 0 bridgehead atoms. The Morgan fingerprint density at radius 2 is 2.18 bits per heavy atom. The number of aldehydes is 1. The van der Waals surface area contributed by atoms with Crippen LogP contribution in [-0.4, -0.2) is 32.3 Å². The van der Waals surface area contributed by atoms with Crippen molar-refractivity contribution in [2.75, 3.05) is 11.5 Å². The van der Waals surface area contributed by atoms with Crippen LogP contribution in [0.5, 0.6) is 5.75 Å². The average molecular weight is 258 g/mol. The van der Waals surface area contributed by atoms with Crippen molar-refractivity contribution < 1.29 is 22.3 Å². The molecule has 0 radical (unpaired) electrons. The molecule has 0 aliphatic carbocycles. The summed E-state index contributed by atoms with van der Waals surface area (Å²) in [6.45, 7) is 0. The lowest BCUT2D eigenvalue weighted by molar-refractivity contribution is 0.112. The van der Waals surface area contributed by atoms with Crippen LogP contribution in [0.2, 0.25) is 0 Å². The zero-order valence-electron chi connectivity index (χ0n) is 8.93. The highest BCUT2D eigenvalue weighted by Gasteiger charge is 2.29. The molecule has 0 saturated carbocycles. The minimum Gasteiger partial charge on any atom is -0.486 e. The Morgan fingerprint density at radius 3 is 2.71 bits per heavy atom. The number of hydrogen-bond acceptors (Lipinski definition) is 4. The highest BCUT2D eigenvalue weighted by molar-refractivity contribution is 7.91. The first-order chi connectivity index (χ1) is 8.00. The topological polar surface area (TPSA) is 60.4 Å². The average Bonchev–Trinajstić information content (AvgIpc) is 2.61. The predicted octanol–water partition coefficient (Wildman–Crippen LogP) is 1.20. The molecule has 4 nitrogen and oxygen atoms in total. The molecule has 1 aromatic carbocycles. The van der Waals surface area contributed by atoms with Crippen molar-refractivity contribution >= 4 is 16.1 Å². The van der Waals surface area contributed by atoms with Crippen molar-refractivity contribution in [2.45, 2.75) is 12.5 Å². The molecular formula is C11H11FO4S. The first-order valence-corrected chi connectivity index (χ1v) is 6.94. The van der Waals surface area contributed by atoms with Crippen LogP contribution in [-0.2, 0) is 9.84 Å². The van der Waals surface area contributed by atoms with Gasteiger partial charge in [-0.05, 0) is 24.6 Å². The Hall–Kier alpha value is -1.43. The standard InChI is InChI=1S/C11H11FO4S/c12-10-5-8(6-13)1-2-11(10)16-9-3-4-17(14,15)7-9/h1-2,5-6,9H,3-4,7H2. The summed E-state index contributed by atoms with van der Waals surface area (Å²) in [6.07, 6.45) is 0.404. The zero-order chi connectivity index (χ0) is 12.5. The van der Waals surface area contributed by atoms with Gasteiger partial charge < -0.3 is 4.74 Å². The number of rotatable bonds is 3. The van der Waals surface area contributed by atoms with Gasteiger partial charge in [0, 0.05) is 5.56 Å². The lowest BCUT2D eigenvalue weighted by Gasteiger charge is -2.12. The summed E-state index contributed by atoms with van der Waals surface area (Å²) in [5, 5.41) is 0. The van der Waals surface area contributed by atoms with Crippen LogP contribution in [0.1, 0.15) is 16.8 Å². The Balaban J connectivity index is 2.12. The van der Waals surface area contributed by atoms with Gasteiger partial charge in [-0.2, -0.15) is 0 Å². The van der Waals surface area contributed by atoms with Crippen LogP contribution in [0.4, 0.5) is 4.39 Å². The second kappa shape index (κ2) is 4.44. The van der Waals surface area contributed by atoms with Crippen LogP contribution >= 0.6 is 0 Å². The number of halogens is 1. The fourth-order valence-electron chi connectivity index (χ4n) is 1.72. The van der Waals surface area contributed by atoms with Crippen molar-refractivity contribution in [1.29, 1.82) is 0 Å². The van der Waals surface area contributed by atoms with Gasteiger partial charge in [0.2, 0.25) is 0 Å². The van der Waals surface area contributed by atoms with Gasteiger partial charge in [-0.15, -0.1) is 0 Å². The van der Waals surface area contributed by atoms with Crippen LogP contribution < -0.4 is 4.74 Å². The van der Waals surface area contributed by atoms with Crippen molar-refractivity contribution in [3.05, 3.63) is 29.6 Å². The van der Waals surface area contributed by atoms with Crippen LogP contribution in [0.15, 0.2) is 18.2 Å². The Labute approximate surface area is 98.3 Å². The largest absolute Gasteiger partial charge is 0.486 e. The molecule has 0 amide bonds. The van der Waals surface area contributed by atoms with E-state index in [0.717, 1.165) is 6.07 Å². The molecule has 1 aliphatic heterocycles. The molecule has 0 aromatic heterocycles. The number of ether oxygens (including phenoxy) is 1. The van der Waals surface area contributed by atoms with Crippen LogP contribution in [0.3, 0.4) is 0 Å². The second-order valence-corrected chi connectivity index (χ2v) is 6.18. The van der Waals surface area contributed by atoms with E-state index in [1.165, 1.54) is 12.1 Å². The molecule has 1 unspecified atom stereocenters. The van der Waals surface area contributed by atoms with Gasteiger partial charge in [-0.25, -0.2) is 12.8 Å². The normalized spacial score (nSPS) is 22.3. The summed E-state index contributed by atoms with van der Waals surface area (Å²) in [7, 11) is -3.04. The molecule has 0 spiro atoms. The molecule has 1 atom stereocenters. The van der Waals surface area contributed by atoms with E-state index in [1.807, 2.05) is 0 Å². The van der Waals surface area contributed by atoms with E-state index < -0.39 is 21.8 Å². The van der Waals surface area contributed by atoms with E-state index in [9.17, 15) is 17.6 Å². The first kappa shape index (κ1) is 12.0. The molecule has 92 valence electrons. The fourth-order valence-corrected chi connectivity index (χ4v) is 3.31. The SMILES string of the molecule is O=Cc1ccc(OC2CCS(=O)(=O)C2)c(F)c1. The van der Waals surface area contributed by atoms with E-state index >= 15 is 0 Å². The van der Waals surface area contributed by atoms with Gasteiger partial charge >= 0.3 is 0 Å². The molecule has 1 aliphatic rings. The Bertz CT molecular complexity index is 538. The number of carbonyl (C=O) groups is 1. The third-order valence-corrected chi connectivity index (χ3v) is 4.31. The molecule has 1 fully saturated rings. The molecule has 0 N–H and O–H groups in total. The highest BCUT2D eigenvalue weighted by atomic mass is 32.2. The van der Waals surface area contributed by atoms with Crippen molar-refractivity contribution in [1.82, 2.24) is 0 Å². The van der Waals surface area contributed by atoms with Gasteiger partial charge in [-0.3, -0.25) is 4.79 Å². The van der Waals surface area contributed by atoms with E-state index in [-0.39, 0.29) is 22.8 Å². The first-order valence-electron chi connectivity index (χ1n) is 5.12. The van der Waals surface area contributed by atoms with Gasteiger partial charge in [-0.1, -0.05) is 0 Å². The fraction of sp³-hybridized carbons (Fsp3) is 0.364. The zero-order valence-corrected chi connectivity index (χ0v) is 9.74. The van der Waals surface area contributed by atoms with E-state index in [0.29, 0.717) is 12.7 Å². The summed E-state index contributed by atoms with van der Waals surface area (Å²) in [5.74, 6) is -0.676. The third-order valence-electron chi connectivity index (χ3n) is 2.58. The monoisotopic (exact) mass is 258 g/mol. The molecule has 6 heteroatoms. The van der Waals surface area contributed by atoms with Crippen molar-refractivity contribution in [3.8, 4) is 5.75 Å². The molecular weight excluding hydrogens is 247 g/mol. The van der Waals surface area contributed by atoms with E-state index in [2.05, 4.69) is 0 Å². The smallest absolute Gasteiger partial charge is 0.165 e. The third kappa shape index (κ3) is 2.82. The maximum atomic E-state index is 13.4. The molecule has 1 saturated heterocycles. The van der Waals surface area contributed by atoms with Crippen molar-refractivity contribution in [3.63, 3.8) is 0 Å². The summed E-state index contributed by atoms with van der Waals surface area (Å²) in [4.78, 5) is 10.4. The van der Waals surface area contributed by atoms with Crippen molar-refractivity contribution in [2.24, 2.45) is 0 Å². The van der Waals surface area contributed by atoms with E-state index in [4.69, 9.17) is 4.74 Å². The molecule has 1 aromatic rings. The Morgan fingerprint density at radius 1 is 1.41 bits per heavy atom. The van der Waals surface area contributed by atoms with Crippen LogP contribution in [0.25, 0.3) is 0 Å². The van der Waals surface area contributed by atoms with Gasteiger partial charge in [0.15, 0.2) is 21.4 Å². The quantitative estimate of drug-likeness (QED) is 0.764. The minimum absolute atomic E-state index is 0.0160. The van der Waals surface area contributed by atoms with E-state index in [1.54, 1.807) is 0 Å². The summed E-state index contributed by atoms with van der Waals surface area (Å²) >= 11 is 0. The number of sulfone groups is 1. The predicted molar refractivity (Wildman–Crippen MR) is 59.5 cm³/mol. The number of benzene rings is 1. The minimum atomic E-state index is -3.04. The van der Waals surface area contributed by atoms with Gasteiger partial charge in [0.25, 0.3) is 0 Å². The summed E-state index contributed by atoms with van der Waals surface area (Å²) in [5.41, 5.74) is 0.217. The maximum absolute atomic E-state index is 13.4. The maximum Gasteiger partial charge on any atom is 0.165 e. The van der Waals surface area contributed by atoms with Gasteiger partial charge in [0.05, 0.1) is 11.5 Å². The lowest BCUT2D eigenvalue weighted by atomic mass is 10.2. The molecule has 1 heterocycles. The number of carbonyl (C=O) groups excluding carboxylic acids is 1. The molecule has 17 heavy (non-hydrogen) atoms. The number of hydrogen-bond donors (Lipinski definition) is 0. The van der Waals surface area contributed by atoms with Gasteiger partial charge in [0.1, 0.15) is 12.4 Å². The van der Waals surface area contributed by atoms with Crippen LogP contribution in [0, 0.1) is 5.82 Å².